The van der Waals surface area contributed by atoms with Crippen molar-refractivity contribution < 1.29 is 18.3 Å². The van der Waals surface area contributed by atoms with Crippen LogP contribution in [0.5, 0.6) is 0 Å². The predicted molar refractivity (Wildman–Crippen MR) is 143 cm³/mol. The summed E-state index contributed by atoms with van der Waals surface area (Å²) in [6.07, 6.45) is 6.42. The normalized spacial score (nSPS) is 22.4. The molecule has 4 aromatic rings. The van der Waals surface area contributed by atoms with Gasteiger partial charge in [-0.2, -0.15) is 0 Å². The van der Waals surface area contributed by atoms with Gasteiger partial charge in [0, 0.05) is 42.6 Å². The summed E-state index contributed by atoms with van der Waals surface area (Å²) in [6.45, 7) is 1.82. The molecule has 5 heterocycles. The van der Waals surface area contributed by atoms with Gasteiger partial charge in [-0.05, 0) is 67.3 Å². The molecule has 0 spiro atoms. The zero-order valence-electron chi connectivity index (χ0n) is 21.4. The third kappa shape index (κ3) is 4.44. The molecule has 0 bridgehead atoms. The monoisotopic (exact) mass is 529 g/mol. The van der Waals surface area contributed by atoms with Crippen molar-refractivity contribution in [2.24, 2.45) is 5.92 Å². The van der Waals surface area contributed by atoms with Crippen LogP contribution in [0.3, 0.4) is 0 Å². The van der Waals surface area contributed by atoms with Crippen LogP contribution in [0.25, 0.3) is 16.9 Å². The van der Waals surface area contributed by atoms with E-state index >= 15 is 0 Å². The molecule has 1 unspecified atom stereocenters. The lowest BCUT2D eigenvalue weighted by atomic mass is 9.91. The highest BCUT2D eigenvalue weighted by Gasteiger charge is 2.30. The molecule has 7 nitrogen and oxygen atoms in total. The number of hydrogen-bond acceptors (Lipinski definition) is 5. The van der Waals surface area contributed by atoms with Crippen molar-refractivity contribution in [1.29, 1.82) is 0 Å². The van der Waals surface area contributed by atoms with E-state index in [0.717, 1.165) is 48.4 Å². The summed E-state index contributed by atoms with van der Waals surface area (Å²) in [5.41, 5.74) is 6.42. The van der Waals surface area contributed by atoms with E-state index in [1.807, 2.05) is 22.6 Å². The van der Waals surface area contributed by atoms with Crippen LogP contribution < -0.4 is 10.6 Å². The fourth-order valence-corrected chi connectivity index (χ4v) is 6.35. The van der Waals surface area contributed by atoms with Crippen molar-refractivity contribution in [1.82, 2.24) is 19.7 Å². The molecule has 0 radical (unpaired) electrons. The molecule has 7 rings (SSSR count). The predicted octanol–water partition coefficient (Wildman–Crippen LogP) is 5.71. The van der Waals surface area contributed by atoms with E-state index in [4.69, 9.17) is 9.72 Å². The van der Waals surface area contributed by atoms with E-state index < -0.39 is 6.17 Å². The van der Waals surface area contributed by atoms with Crippen molar-refractivity contribution in [3.05, 3.63) is 77.0 Å². The standard InChI is InChI=1S/C30H29F2N5O2/c31-19-2-1-17(11-19)12-25-21(18-8-10-39-16-18)4-6-27(36-25)35-24-5-3-22(23-14-34-30(38)29(23)24)26-15-33-28-13-20(32)7-9-37(26)28/h3-7,9,13,15,17-19H,1-2,8,10-12,14,16H2,(H,34,38)(H,35,36)/t17?,18-,19-/m1/s1. The minimum Gasteiger partial charge on any atom is -0.381 e. The Morgan fingerprint density at radius 1 is 1.15 bits per heavy atom. The fraction of sp³-hybridized carbons (Fsp3) is 0.367. The number of anilines is 2. The maximum Gasteiger partial charge on any atom is 0.254 e. The number of rotatable bonds is 6. The first-order valence-corrected chi connectivity index (χ1v) is 13.6. The van der Waals surface area contributed by atoms with Crippen LogP contribution in [-0.4, -0.2) is 39.7 Å². The highest BCUT2D eigenvalue weighted by molar-refractivity contribution is 6.06. The van der Waals surface area contributed by atoms with Gasteiger partial charge < -0.3 is 15.4 Å². The van der Waals surface area contributed by atoms with Crippen LogP contribution in [-0.2, 0) is 17.7 Å². The molecule has 3 atom stereocenters. The maximum atomic E-state index is 13.9. The van der Waals surface area contributed by atoms with Crippen molar-refractivity contribution in [3.8, 4) is 11.3 Å². The number of carbonyl (C=O) groups excluding carboxylic acids is 1. The molecule has 3 aromatic heterocycles. The summed E-state index contributed by atoms with van der Waals surface area (Å²) in [5, 5.41) is 6.34. The molecule has 2 N–H and O–H groups in total. The molecule has 2 fully saturated rings. The summed E-state index contributed by atoms with van der Waals surface area (Å²) in [7, 11) is 0. The van der Waals surface area contributed by atoms with E-state index in [2.05, 4.69) is 21.7 Å². The minimum absolute atomic E-state index is 0.158. The van der Waals surface area contributed by atoms with Gasteiger partial charge in [0.25, 0.3) is 5.91 Å². The molecule has 9 heteroatoms. The number of hydrogen-bond donors (Lipinski definition) is 2. The minimum atomic E-state index is -0.721. The number of amides is 1. The smallest absolute Gasteiger partial charge is 0.254 e. The number of carbonyl (C=O) groups is 1. The fourth-order valence-electron chi connectivity index (χ4n) is 6.35. The Labute approximate surface area is 224 Å². The van der Waals surface area contributed by atoms with E-state index in [-0.39, 0.29) is 17.6 Å². The number of nitrogens with zero attached hydrogens (tertiary/aromatic N) is 3. The van der Waals surface area contributed by atoms with Crippen molar-refractivity contribution in [3.63, 3.8) is 0 Å². The number of halogens is 2. The summed E-state index contributed by atoms with van der Waals surface area (Å²) >= 11 is 0. The molecule has 1 saturated carbocycles. The number of ether oxygens (including phenoxy) is 1. The molecule has 3 aliphatic rings. The maximum absolute atomic E-state index is 13.9. The molecule has 39 heavy (non-hydrogen) atoms. The Morgan fingerprint density at radius 3 is 2.90 bits per heavy atom. The SMILES string of the molecule is O=C1NCc2c(-c3cnc4cc(F)ccn34)ccc(Nc3ccc([C@@H]4CCOC4)c(CC4CC[C@@H](F)C4)n3)c21. The lowest BCUT2D eigenvalue weighted by Gasteiger charge is -2.19. The lowest BCUT2D eigenvalue weighted by molar-refractivity contribution is 0.0966. The summed E-state index contributed by atoms with van der Waals surface area (Å²) < 4.78 is 35.1. The zero-order chi connectivity index (χ0) is 26.5. The van der Waals surface area contributed by atoms with Crippen LogP contribution in [0.1, 0.15) is 58.8 Å². The van der Waals surface area contributed by atoms with Gasteiger partial charge in [-0.1, -0.05) is 12.1 Å². The highest BCUT2D eigenvalue weighted by Crippen LogP contribution is 2.37. The Balaban J connectivity index is 1.24. The van der Waals surface area contributed by atoms with Gasteiger partial charge in [0.15, 0.2) is 0 Å². The quantitative estimate of drug-likeness (QED) is 0.335. The third-order valence-electron chi connectivity index (χ3n) is 8.32. The van der Waals surface area contributed by atoms with E-state index in [9.17, 15) is 13.6 Å². The Morgan fingerprint density at radius 2 is 2.08 bits per heavy atom. The van der Waals surface area contributed by atoms with Gasteiger partial charge >= 0.3 is 0 Å². The number of fused-ring (bicyclic) bond motifs is 2. The van der Waals surface area contributed by atoms with Crippen LogP contribution in [0.2, 0.25) is 0 Å². The number of pyridine rings is 2. The van der Waals surface area contributed by atoms with E-state index in [1.54, 1.807) is 12.4 Å². The summed E-state index contributed by atoms with van der Waals surface area (Å²) in [6, 6.07) is 10.7. The van der Waals surface area contributed by atoms with Gasteiger partial charge in [-0.3, -0.25) is 9.20 Å². The van der Waals surface area contributed by atoms with Crippen LogP contribution in [0, 0.1) is 11.7 Å². The molecule has 1 amide bonds. The first-order chi connectivity index (χ1) is 19.0. The molecule has 1 aliphatic carbocycles. The molecule has 200 valence electrons. The third-order valence-corrected chi connectivity index (χ3v) is 8.32. The first-order valence-electron chi connectivity index (χ1n) is 13.6. The Kier molecular flexibility index (Phi) is 6.03. The summed E-state index contributed by atoms with van der Waals surface area (Å²) in [5.74, 6) is 0.739. The molecule has 2 aliphatic heterocycles. The molecule has 1 aromatic carbocycles. The van der Waals surface area contributed by atoms with Gasteiger partial charge in [-0.15, -0.1) is 0 Å². The summed E-state index contributed by atoms with van der Waals surface area (Å²) in [4.78, 5) is 22.3. The largest absolute Gasteiger partial charge is 0.381 e. The second-order valence-corrected chi connectivity index (χ2v) is 10.8. The Bertz CT molecular complexity index is 1580. The molecular formula is C30H29F2N5O2. The number of imidazole rings is 1. The van der Waals surface area contributed by atoms with Crippen molar-refractivity contribution in [2.45, 2.75) is 50.7 Å². The molecule has 1 saturated heterocycles. The average molecular weight is 530 g/mol. The van der Waals surface area contributed by atoms with Gasteiger partial charge in [0.1, 0.15) is 23.5 Å². The van der Waals surface area contributed by atoms with Gasteiger partial charge in [0.05, 0.1) is 29.7 Å². The van der Waals surface area contributed by atoms with Crippen molar-refractivity contribution >= 4 is 23.1 Å². The lowest BCUT2D eigenvalue weighted by Crippen LogP contribution is -2.14. The van der Waals surface area contributed by atoms with Gasteiger partial charge in [-0.25, -0.2) is 18.7 Å². The van der Waals surface area contributed by atoms with Crippen LogP contribution in [0.15, 0.2) is 48.8 Å². The highest BCUT2D eigenvalue weighted by atomic mass is 19.1. The van der Waals surface area contributed by atoms with Crippen LogP contribution >= 0.6 is 0 Å². The van der Waals surface area contributed by atoms with Crippen molar-refractivity contribution in [2.75, 3.05) is 18.5 Å². The average Bonchev–Trinajstić information content (AvgIpc) is 3.73. The number of aromatic nitrogens is 3. The second-order valence-electron chi connectivity index (χ2n) is 10.8. The number of alkyl halides is 1. The van der Waals surface area contributed by atoms with Gasteiger partial charge in [0.2, 0.25) is 0 Å². The Hall–Kier alpha value is -3.85. The second kappa shape index (κ2) is 9.72. The topological polar surface area (TPSA) is 80.6 Å². The van der Waals surface area contributed by atoms with E-state index in [1.165, 1.54) is 17.7 Å². The van der Waals surface area contributed by atoms with E-state index in [0.29, 0.717) is 54.6 Å². The van der Waals surface area contributed by atoms with Crippen LogP contribution in [0.4, 0.5) is 20.3 Å². The molecular weight excluding hydrogens is 500 g/mol. The number of benzene rings is 1. The number of nitrogens with one attached hydrogen (secondary N) is 2. The zero-order valence-corrected chi connectivity index (χ0v) is 21.4. The first kappa shape index (κ1) is 24.2.